The van der Waals surface area contributed by atoms with E-state index in [9.17, 15) is 32.9 Å². The number of ether oxygens (including phenoxy) is 2. The number of hydrogen-bond acceptors (Lipinski definition) is 6. The molecule has 0 amide bonds. The predicted molar refractivity (Wildman–Crippen MR) is 85.7 cm³/mol. The van der Waals surface area contributed by atoms with E-state index in [2.05, 4.69) is 0 Å². The molecule has 2 aromatic rings. The van der Waals surface area contributed by atoms with Crippen molar-refractivity contribution in [3.8, 4) is 5.75 Å². The van der Waals surface area contributed by atoms with Gasteiger partial charge >= 0.3 is 17.8 Å². The Morgan fingerprint density at radius 1 is 1.11 bits per heavy atom. The van der Waals surface area contributed by atoms with Gasteiger partial charge in [-0.25, -0.2) is 4.79 Å². The summed E-state index contributed by atoms with van der Waals surface area (Å²) >= 11 is 0. The summed E-state index contributed by atoms with van der Waals surface area (Å²) in [6, 6.07) is 6.96. The Morgan fingerprint density at radius 3 is 2.41 bits per heavy atom. The van der Waals surface area contributed by atoms with E-state index in [0.29, 0.717) is 6.07 Å². The lowest BCUT2D eigenvalue weighted by Gasteiger charge is -2.09. The van der Waals surface area contributed by atoms with E-state index < -0.39 is 40.7 Å². The molecule has 0 radical (unpaired) electrons. The van der Waals surface area contributed by atoms with Crippen LogP contribution in [0, 0.1) is 10.1 Å². The van der Waals surface area contributed by atoms with Gasteiger partial charge in [-0.2, -0.15) is 13.2 Å². The number of carbonyl (C=O) groups excluding carboxylic acids is 2. The number of rotatable bonds is 6. The van der Waals surface area contributed by atoms with Crippen LogP contribution in [-0.2, 0) is 10.9 Å². The molecule has 2 rings (SSSR count). The van der Waals surface area contributed by atoms with Crippen LogP contribution >= 0.6 is 0 Å². The van der Waals surface area contributed by atoms with Gasteiger partial charge in [-0.3, -0.25) is 14.9 Å². The molecule has 7 nitrogen and oxygen atoms in total. The number of alkyl halides is 3. The van der Waals surface area contributed by atoms with Crippen molar-refractivity contribution < 1.29 is 37.2 Å². The van der Waals surface area contributed by atoms with Gasteiger partial charge < -0.3 is 9.47 Å². The molecule has 27 heavy (non-hydrogen) atoms. The summed E-state index contributed by atoms with van der Waals surface area (Å²) in [6.07, 6.45) is -4.62. The summed E-state index contributed by atoms with van der Waals surface area (Å²) in [5.74, 6) is -1.96. The Kier molecular flexibility index (Phi) is 5.78. The number of ketones is 1. The molecule has 2 aromatic carbocycles. The average molecular weight is 383 g/mol. The molecule has 0 spiro atoms. The van der Waals surface area contributed by atoms with Crippen molar-refractivity contribution in [1.29, 1.82) is 0 Å². The molecular formula is C17H12F3NO6. The second-order valence-electron chi connectivity index (χ2n) is 5.22. The van der Waals surface area contributed by atoms with Gasteiger partial charge in [-0.05, 0) is 24.3 Å². The van der Waals surface area contributed by atoms with Gasteiger partial charge in [0.2, 0.25) is 0 Å². The number of benzene rings is 2. The smallest absolute Gasteiger partial charge is 0.416 e. The van der Waals surface area contributed by atoms with Crippen LogP contribution < -0.4 is 4.74 Å². The van der Waals surface area contributed by atoms with E-state index in [-0.39, 0.29) is 16.9 Å². The van der Waals surface area contributed by atoms with Gasteiger partial charge in [0.05, 0.1) is 23.2 Å². The fourth-order valence-electron chi connectivity index (χ4n) is 2.13. The zero-order chi connectivity index (χ0) is 20.2. The molecule has 0 aliphatic rings. The molecule has 0 unspecified atom stereocenters. The molecule has 0 fully saturated rings. The minimum Gasteiger partial charge on any atom is -0.490 e. The van der Waals surface area contributed by atoms with E-state index >= 15 is 0 Å². The first-order chi connectivity index (χ1) is 12.6. The fourth-order valence-corrected chi connectivity index (χ4v) is 2.13. The lowest BCUT2D eigenvalue weighted by molar-refractivity contribution is -0.385. The number of Topliss-reactive ketones (excluding diaryl/α,β-unsaturated/α-hetero) is 1. The Hall–Kier alpha value is -3.43. The Balaban J connectivity index is 2.11. The average Bonchev–Trinajstić information content (AvgIpc) is 2.64. The van der Waals surface area contributed by atoms with Crippen molar-refractivity contribution in [2.24, 2.45) is 0 Å². The highest BCUT2D eigenvalue weighted by Gasteiger charge is 2.31. The first kappa shape index (κ1) is 19.9. The molecule has 0 N–H and O–H groups in total. The summed E-state index contributed by atoms with van der Waals surface area (Å²) in [5, 5.41) is 10.9. The number of nitro benzene ring substituents is 1. The number of halogens is 3. The van der Waals surface area contributed by atoms with Gasteiger partial charge in [0.15, 0.2) is 18.1 Å². The third-order valence-electron chi connectivity index (χ3n) is 3.46. The van der Waals surface area contributed by atoms with Crippen LogP contribution in [0.2, 0.25) is 0 Å². The van der Waals surface area contributed by atoms with Gasteiger partial charge in [0.25, 0.3) is 0 Å². The topological polar surface area (TPSA) is 95.7 Å². The van der Waals surface area contributed by atoms with Crippen molar-refractivity contribution in [2.75, 3.05) is 13.7 Å². The van der Waals surface area contributed by atoms with E-state index in [1.54, 1.807) is 0 Å². The van der Waals surface area contributed by atoms with Crippen LogP contribution in [0.1, 0.15) is 26.3 Å². The van der Waals surface area contributed by atoms with Gasteiger partial charge in [-0.15, -0.1) is 0 Å². The number of carbonyl (C=O) groups is 2. The van der Waals surface area contributed by atoms with Crippen LogP contribution in [0.25, 0.3) is 0 Å². The van der Waals surface area contributed by atoms with Gasteiger partial charge in [0, 0.05) is 11.6 Å². The van der Waals surface area contributed by atoms with Crippen molar-refractivity contribution in [3.63, 3.8) is 0 Å². The van der Waals surface area contributed by atoms with E-state index in [1.807, 2.05) is 0 Å². The maximum Gasteiger partial charge on any atom is 0.416 e. The zero-order valence-corrected chi connectivity index (χ0v) is 13.8. The third-order valence-corrected chi connectivity index (χ3v) is 3.46. The van der Waals surface area contributed by atoms with Crippen LogP contribution in [0.5, 0.6) is 5.75 Å². The Bertz CT molecular complexity index is 894. The van der Waals surface area contributed by atoms with Crippen molar-refractivity contribution in [1.82, 2.24) is 0 Å². The van der Waals surface area contributed by atoms with Crippen molar-refractivity contribution in [2.45, 2.75) is 6.18 Å². The molecule has 0 heterocycles. The number of methoxy groups -OCH3 is 1. The third kappa shape index (κ3) is 4.81. The fraction of sp³-hybridized carbons (Fsp3) is 0.176. The number of nitro groups is 1. The van der Waals surface area contributed by atoms with Crippen molar-refractivity contribution >= 4 is 17.4 Å². The summed E-state index contributed by atoms with van der Waals surface area (Å²) in [6.45, 7) is -0.819. The SMILES string of the molecule is COc1ccc(C(=O)OCC(=O)c2cccc(C(F)(F)F)c2)cc1[N+](=O)[O-]. The molecule has 0 aromatic heterocycles. The first-order valence-electron chi connectivity index (χ1n) is 7.33. The Labute approximate surface area is 150 Å². The van der Waals surface area contributed by atoms with Gasteiger partial charge in [-0.1, -0.05) is 12.1 Å². The predicted octanol–water partition coefficient (Wildman–Crippen LogP) is 3.66. The molecule has 0 bridgehead atoms. The lowest BCUT2D eigenvalue weighted by atomic mass is 10.1. The maximum atomic E-state index is 12.7. The molecule has 0 saturated heterocycles. The molecule has 0 aliphatic carbocycles. The quantitative estimate of drug-likeness (QED) is 0.327. The second kappa shape index (κ2) is 7.85. The minimum absolute atomic E-state index is 0.0726. The van der Waals surface area contributed by atoms with E-state index in [0.717, 1.165) is 24.3 Å². The summed E-state index contributed by atoms with van der Waals surface area (Å²) in [7, 11) is 1.22. The van der Waals surface area contributed by atoms with Crippen molar-refractivity contribution in [3.05, 3.63) is 69.3 Å². The monoisotopic (exact) mass is 383 g/mol. The minimum atomic E-state index is -4.62. The standard InChI is InChI=1S/C17H12F3NO6/c1-26-15-6-5-11(8-13(15)21(24)25)16(23)27-9-14(22)10-3-2-4-12(7-10)17(18,19)20/h2-8H,9H2,1H3. The van der Waals surface area contributed by atoms with E-state index in [4.69, 9.17) is 9.47 Å². The summed E-state index contributed by atoms with van der Waals surface area (Å²) < 4.78 is 47.6. The number of hydrogen-bond donors (Lipinski definition) is 0. The normalized spacial score (nSPS) is 11.0. The highest BCUT2D eigenvalue weighted by molar-refractivity contribution is 5.99. The molecule has 0 saturated carbocycles. The molecular weight excluding hydrogens is 371 g/mol. The molecule has 0 aliphatic heterocycles. The Morgan fingerprint density at radius 2 is 1.81 bits per heavy atom. The van der Waals surface area contributed by atoms with Crippen LogP contribution in [0.15, 0.2) is 42.5 Å². The number of esters is 1. The molecule has 10 heteroatoms. The summed E-state index contributed by atoms with van der Waals surface area (Å²) in [4.78, 5) is 34.1. The highest BCUT2D eigenvalue weighted by Crippen LogP contribution is 2.30. The largest absolute Gasteiger partial charge is 0.490 e. The van der Waals surface area contributed by atoms with Crippen LogP contribution in [0.3, 0.4) is 0 Å². The maximum absolute atomic E-state index is 12.7. The zero-order valence-electron chi connectivity index (χ0n) is 13.8. The summed E-state index contributed by atoms with van der Waals surface area (Å²) in [5.41, 5.74) is -1.97. The van der Waals surface area contributed by atoms with E-state index in [1.165, 1.54) is 19.2 Å². The highest BCUT2D eigenvalue weighted by atomic mass is 19.4. The second-order valence-corrected chi connectivity index (χ2v) is 5.22. The van der Waals surface area contributed by atoms with Gasteiger partial charge in [0.1, 0.15) is 0 Å². The molecule has 0 atom stereocenters. The first-order valence-corrected chi connectivity index (χ1v) is 7.33. The lowest BCUT2D eigenvalue weighted by Crippen LogP contribution is -2.15. The van der Waals surface area contributed by atoms with Crippen LogP contribution in [-0.4, -0.2) is 30.4 Å². The number of nitrogens with zero attached hydrogens (tertiary/aromatic N) is 1. The van der Waals surface area contributed by atoms with Crippen LogP contribution in [0.4, 0.5) is 18.9 Å². The molecule has 142 valence electrons.